The molecule has 0 aromatic heterocycles. The molecule has 0 unspecified atom stereocenters. The zero-order valence-corrected chi connectivity index (χ0v) is 36.6. The number of hydrogen-bond donors (Lipinski definition) is 4. The number of oxime groups is 1. The van der Waals surface area contributed by atoms with Crippen LogP contribution in [0.4, 0.5) is 4.79 Å². The highest BCUT2D eigenvalue weighted by Gasteiger charge is 2.65. The van der Waals surface area contributed by atoms with Gasteiger partial charge in [0.15, 0.2) is 0 Å². The highest BCUT2D eigenvalue weighted by molar-refractivity contribution is 6.03. The largest absolute Gasteiger partial charge is 0.459 e. The van der Waals surface area contributed by atoms with Crippen molar-refractivity contribution in [3.05, 3.63) is 84.0 Å². The van der Waals surface area contributed by atoms with E-state index in [2.05, 4.69) is 18.0 Å². The number of aliphatic hydroxyl groups excluding tert-OH is 3. The first-order valence-electron chi connectivity index (χ1n) is 23.0. The quantitative estimate of drug-likeness (QED) is 0.0448. The van der Waals surface area contributed by atoms with E-state index >= 15 is 0 Å². The third kappa shape index (κ3) is 11.6. The van der Waals surface area contributed by atoms with Gasteiger partial charge < -0.3 is 49.3 Å². The topological polar surface area (TPSA) is 169 Å². The summed E-state index contributed by atoms with van der Waals surface area (Å²) in [5.41, 5.74) is 3.45. The summed E-state index contributed by atoms with van der Waals surface area (Å²) in [5.74, 6) is -0.747. The Labute approximate surface area is 367 Å². The first-order valence-corrected chi connectivity index (χ1v) is 23.0. The monoisotopic (exact) mass is 859 g/mol. The number of ether oxygens (including phenoxy) is 4. The van der Waals surface area contributed by atoms with Gasteiger partial charge in [0.25, 0.3) is 0 Å². The van der Waals surface area contributed by atoms with E-state index < -0.39 is 23.8 Å². The third-order valence-electron chi connectivity index (χ3n) is 13.1. The summed E-state index contributed by atoms with van der Waals surface area (Å²) in [6.07, 6.45) is 13.9. The number of allylic oxidation sites excluding steroid dienone is 1. The molecular formula is C49H69N3O10. The Balaban J connectivity index is 1.55. The van der Waals surface area contributed by atoms with Gasteiger partial charge in [-0.2, -0.15) is 0 Å². The fraction of sp³-hybridized carbons (Fsp3) is 0.612. The van der Waals surface area contributed by atoms with Gasteiger partial charge >= 0.3 is 6.09 Å². The van der Waals surface area contributed by atoms with Gasteiger partial charge in [-0.3, -0.25) is 4.79 Å². The molecule has 13 nitrogen and oxygen atoms in total. The molecule has 2 aromatic carbocycles. The first-order chi connectivity index (χ1) is 30.4. The summed E-state index contributed by atoms with van der Waals surface area (Å²) >= 11 is 0. The summed E-state index contributed by atoms with van der Waals surface area (Å²) in [4.78, 5) is 35.8. The Bertz CT molecular complexity index is 1800. The SMILES string of the molecule is C=CCO[C@@]12Oc3ccc(OC(=O)NCC)cc3[C@H]3[C@H](CCCCO)[C@@H](CCCCO)C=C(C(=NOCc4ccccc4)C[C@@H]1N(CCOCCO)C(=O)CCC1CCCC1)[C@H]32. The van der Waals surface area contributed by atoms with Crippen LogP contribution in [-0.4, -0.2) is 102 Å². The number of carbonyl (C=O) groups is 2. The molecule has 62 heavy (non-hydrogen) atoms. The van der Waals surface area contributed by atoms with Crippen LogP contribution in [0.15, 0.2) is 78.0 Å². The molecule has 4 N–H and O–H groups in total. The van der Waals surface area contributed by atoms with Crippen molar-refractivity contribution in [2.45, 2.75) is 115 Å². The number of aliphatic hydroxyl groups is 3. The van der Waals surface area contributed by atoms with Crippen LogP contribution in [0.25, 0.3) is 0 Å². The number of fused-ring (bicyclic) bond motifs is 2. The Kier molecular flexibility index (Phi) is 18.3. The molecule has 2 amide bonds. The standard InChI is InChI=1S/C49H69N3O10/c1-3-28-59-49-44(52(24-29-58-30-27-55)45(56)23-20-35-14-8-9-15-35)33-42(51-60-34-36-16-6-5-7-17-36)40-31-37(18-10-12-25-53)39(19-11-13-26-54)46(47(40)49)41-32-38(21-22-43(41)62-49)61-48(57)50-4-2/h3,5-7,16-17,21-22,31-32,35,37,39,44,46-47,53-55H,1,4,8-15,18-20,23-30,33-34H2,2H3,(H,50,57)/t37-,39+,44-,46+,47+,49+/m0/s1. The van der Waals surface area contributed by atoms with Crippen LogP contribution in [0, 0.1) is 23.7 Å². The van der Waals surface area contributed by atoms with Crippen LogP contribution in [0.5, 0.6) is 11.5 Å². The third-order valence-corrected chi connectivity index (χ3v) is 13.1. The van der Waals surface area contributed by atoms with E-state index in [4.69, 9.17) is 28.9 Å². The van der Waals surface area contributed by atoms with Gasteiger partial charge in [-0.15, -0.1) is 6.58 Å². The highest BCUT2D eigenvalue weighted by atomic mass is 16.7. The maximum absolute atomic E-state index is 14.9. The molecule has 4 aliphatic rings. The van der Waals surface area contributed by atoms with Gasteiger partial charge in [0.2, 0.25) is 11.7 Å². The molecular weight excluding hydrogens is 791 g/mol. The number of hydrogen-bond acceptors (Lipinski definition) is 11. The fourth-order valence-electron chi connectivity index (χ4n) is 10.3. The van der Waals surface area contributed by atoms with Gasteiger partial charge in [-0.05, 0) is 86.1 Å². The number of benzene rings is 2. The van der Waals surface area contributed by atoms with Gasteiger partial charge in [-0.25, -0.2) is 4.79 Å². The second-order valence-corrected chi connectivity index (χ2v) is 17.1. The van der Waals surface area contributed by atoms with Crippen molar-refractivity contribution in [2.24, 2.45) is 28.8 Å². The number of amides is 2. The molecule has 0 bridgehead atoms. The van der Waals surface area contributed by atoms with Gasteiger partial charge in [0, 0.05) is 50.6 Å². The maximum atomic E-state index is 14.9. The summed E-state index contributed by atoms with van der Waals surface area (Å²) in [5, 5.41) is 37.1. The van der Waals surface area contributed by atoms with Crippen molar-refractivity contribution < 1.29 is 48.7 Å². The number of unbranched alkanes of at least 4 members (excludes halogenated alkanes) is 2. The molecule has 6 rings (SSSR count). The minimum atomic E-state index is -1.43. The molecule has 2 aromatic rings. The molecule has 6 atom stereocenters. The van der Waals surface area contributed by atoms with Crippen molar-refractivity contribution in [1.29, 1.82) is 0 Å². The molecule has 1 aliphatic heterocycles. The molecule has 340 valence electrons. The van der Waals surface area contributed by atoms with E-state index in [0.29, 0.717) is 48.9 Å². The fourth-order valence-corrected chi connectivity index (χ4v) is 10.3. The molecule has 0 radical (unpaired) electrons. The molecule has 13 heteroatoms. The first kappa shape index (κ1) is 47.2. The smallest absolute Gasteiger partial charge is 0.412 e. The maximum Gasteiger partial charge on any atom is 0.412 e. The van der Waals surface area contributed by atoms with Crippen molar-refractivity contribution in [2.75, 3.05) is 52.7 Å². The number of rotatable bonds is 25. The molecule has 2 saturated carbocycles. The second-order valence-electron chi connectivity index (χ2n) is 17.1. The second kappa shape index (κ2) is 24.0. The Morgan fingerprint density at radius 3 is 2.48 bits per heavy atom. The van der Waals surface area contributed by atoms with Crippen LogP contribution in [0.2, 0.25) is 0 Å². The van der Waals surface area contributed by atoms with Crippen LogP contribution >= 0.6 is 0 Å². The predicted molar refractivity (Wildman–Crippen MR) is 237 cm³/mol. The minimum absolute atomic E-state index is 0.00714. The summed E-state index contributed by atoms with van der Waals surface area (Å²) in [7, 11) is 0. The average Bonchev–Trinajstić information content (AvgIpc) is 3.81. The van der Waals surface area contributed by atoms with Crippen LogP contribution in [0.3, 0.4) is 0 Å². The average molecular weight is 860 g/mol. The van der Waals surface area contributed by atoms with Crippen molar-refractivity contribution >= 4 is 17.7 Å². The molecule has 3 aliphatic carbocycles. The lowest BCUT2D eigenvalue weighted by Crippen LogP contribution is -2.70. The Hall–Kier alpha value is -4.27. The Morgan fingerprint density at radius 1 is 0.984 bits per heavy atom. The van der Waals surface area contributed by atoms with Crippen LogP contribution in [-0.2, 0) is 25.7 Å². The molecule has 0 saturated heterocycles. The summed E-state index contributed by atoms with van der Waals surface area (Å²) in [6, 6.07) is 14.6. The van der Waals surface area contributed by atoms with Crippen LogP contribution < -0.4 is 14.8 Å². The summed E-state index contributed by atoms with van der Waals surface area (Å²) < 4.78 is 26.1. The van der Waals surface area contributed by atoms with Gasteiger partial charge in [0.05, 0.1) is 38.1 Å². The van der Waals surface area contributed by atoms with Crippen LogP contribution in [0.1, 0.15) is 107 Å². The zero-order chi connectivity index (χ0) is 43.7. The molecule has 0 spiro atoms. The number of nitrogens with one attached hydrogen (secondary N) is 1. The normalized spacial score (nSPS) is 24.7. The summed E-state index contributed by atoms with van der Waals surface area (Å²) in [6.45, 7) is 7.27. The molecule has 2 fully saturated rings. The number of carbonyl (C=O) groups excluding carboxylic acids is 2. The van der Waals surface area contributed by atoms with Crippen molar-refractivity contribution in [1.82, 2.24) is 10.2 Å². The molecule has 1 heterocycles. The minimum Gasteiger partial charge on any atom is -0.459 e. The van der Waals surface area contributed by atoms with Gasteiger partial charge in [0.1, 0.15) is 24.1 Å². The van der Waals surface area contributed by atoms with Crippen molar-refractivity contribution in [3.8, 4) is 11.5 Å². The van der Waals surface area contributed by atoms with E-state index in [9.17, 15) is 24.9 Å². The van der Waals surface area contributed by atoms with Gasteiger partial charge in [-0.1, -0.05) is 86.2 Å². The number of nitrogens with zero attached hydrogens (tertiary/aromatic N) is 2. The lowest BCUT2D eigenvalue weighted by atomic mass is 9.55. The Morgan fingerprint density at radius 2 is 1.76 bits per heavy atom. The lowest BCUT2D eigenvalue weighted by Gasteiger charge is -2.60. The van der Waals surface area contributed by atoms with E-state index in [1.165, 1.54) is 12.8 Å². The zero-order valence-electron chi connectivity index (χ0n) is 36.6. The van der Waals surface area contributed by atoms with E-state index in [1.807, 2.05) is 54.3 Å². The highest BCUT2D eigenvalue weighted by Crippen LogP contribution is 2.62. The van der Waals surface area contributed by atoms with E-state index in [0.717, 1.165) is 61.6 Å². The van der Waals surface area contributed by atoms with Crippen molar-refractivity contribution in [3.63, 3.8) is 0 Å². The predicted octanol–water partition coefficient (Wildman–Crippen LogP) is 7.44. The van der Waals surface area contributed by atoms with E-state index in [1.54, 1.807) is 12.1 Å². The van der Waals surface area contributed by atoms with E-state index in [-0.39, 0.29) is 82.9 Å². The lowest BCUT2D eigenvalue weighted by molar-refractivity contribution is -0.258.